The van der Waals surface area contributed by atoms with Crippen LogP contribution in [0.15, 0.2) is 18.2 Å². The van der Waals surface area contributed by atoms with Crippen molar-refractivity contribution >= 4 is 11.7 Å². The zero-order chi connectivity index (χ0) is 15.4. The molecule has 0 amide bonds. The molecule has 5 nitrogen and oxygen atoms in total. The van der Waals surface area contributed by atoms with E-state index in [-0.39, 0.29) is 12.5 Å². The van der Waals surface area contributed by atoms with Gasteiger partial charge in [-0.1, -0.05) is 6.07 Å². The summed E-state index contributed by atoms with van der Waals surface area (Å²) in [4.78, 5) is 12.7. The van der Waals surface area contributed by atoms with Gasteiger partial charge in [0.1, 0.15) is 11.9 Å². The minimum Gasteiger partial charge on any atom is -0.487 e. The third-order valence-corrected chi connectivity index (χ3v) is 3.91. The van der Waals surface area contributed by atoms with Gasteiger partial charge in [0, 0.05) is 12.6 Å². The topological polar surface area (TPSA) is 61.8 Å². The maximum absolute atomic E-state index is 10.6. The highest BCUT2D eigenvalue weighted by atomic mass is 16.5. The third-order valence-electron chi connectivity index (χ3n) is 3.91. The number of hydrogen-bond donors (Lipinski definition) is 2. The monoisotopic (exact) mass is 292 g/mol. The molecule has 2 unspecified atom stereocenters. The summed E-state index contributed by atoms with van der Waals surface area (Å²) in [6, 6.07) is 6.52. The van der Waals surface area contributed by atoms with Gasteiger partial charge in [0.15, 0.2) is 0 Å². The number of ether oxygens (including phenoxy) is 1. The van der Waals surface area contributed by atoms with Crippen molar-refractivity contribution in [1.82, 2.24) is 4.90 Å². The van der Waals surface area contributed by atoms with Gasteiger partial charge in [-0.2, -0.15) is 0 Å². The Kier molecular flexibility index (Phi) is 5.07. The van der Waals surface area contributed by atoms with Gasteiger partial charge in [0.05, 0.1) is 18.7 Å². The van der Waals surface area contributed by atoms with E-state index in [1.165, 1.54) is 5.56 Å². The molecule has 0 aromatic heterocycles. The van der Waals surface area contributed by atoms with Crippen LogP contribution < -0.4 is 10.1 Å². The Morgan fingerprint density at radius 1 is 1.57 bits per heavy atom. The fourth-order valence-corrected chi connectivity index (χ4v) is 2.45. The zero-order valence-electron chi connectivity index (χ0n) is 12.9. The second-order valence-corrected chi connectivity index (χ2v) is 5.82. The number of hydrogen-bond acceptors (Lipinski definition) is 4. The smallest absolute Gasteiger partial charge is 0.304 e. The van der Waals surface area contributed by atoms with Gasteiger partial charge < -0.3 is 20.1 Å². The fourth-order valence-electron chi connectivity index (χ4n) is 2.45. The molecule has 0 radical (unpaired) electrons. The van der Waals surface area contributed by atoms with Crippen LogP contribution in [0.1, 0.15) is 25.8 Å². The van der Waals surface area contributed by atoms with E-state index in [9.17, 15) is 4.79 Å². The standard InChI is InChI=1S/C16H24N2O3/c1-11(18(3)7-6-16(19)20)8-13-4-5-15-14(9-13)17-10-12(2)21-15/h4-5,9,11-12,17H,6-8,10H2,1-3H3,(H,19,20). The van der Waals surface area contributed by atoms with Crippen molar-refractivity contribution in [2.45, 2.75) is 38.8 Å². The van der Waals surface area contributed by atoms with Crippen molar-refractivity contribution in [3.8, 4) is 5.75 Å². The summed E-state index contributed by atoms with van der Waals surface area (Å²) < 4.78 is 5.77. The molecule has 1 aromatic carbocycles. The Bertz CT molecular complexity index is 504. The molecule has 0 bridgehead atoms. The summed E-state index contributed by atoms with van der Waals surface area (Å²) in [7, 11) is 1.97. The Morgan fingerprint density at radius 2 is 2.33 bits per heavy atom. The second-order valence-electron chi connectivity index (χ2n) is 5.82. The lowest BCUT2D eigenvalue weighted by Gasteiger charge is -2.27. The van der Waals surface area contributed by atoms with Crippen molar-refractivity contribution < 1.29 is 14.6 Å². The summed E-state index contributed by atoms with van der Waals surface area (Å²) >= 11 is 0. The second kappa shape index (κ2) is 6.80. The molecule has 2 rings (SSSR count). The Labute approximate surface area is 125 Å². The predicted molar refractivity (Wildman–Crippen MR) is 83.1 cm³/mol. The van der Waals surface area contributed by atoms with Gasteiger partial charge in [-0.15, -0.1) is 0 Å². The highest BCUT2D eigenvalue weighted by molar-refractivity contribution is 5.66. The van der Waals surface area contributed by atoms with Crippen LogP contribution in [0, 0.1) is 0 Å². The highest BCUT2D eigenvalue weighted by Gasteiger charge is 2.17. The van der Waals surface area contributed by atoms with Gasteiger partial charge >= 0.3 is 5.97 Å². The largest absolute Gasteiger partial charge is 0.487 e. The number of benzene rings is 1. The molecular formula is C16H24N2O3. The Balaban J connectivity index is 1.95. The normalized spacial score (nSPS) is 18.6. The van der Waals surface area contributed by atoms with Crippen LogP contribution in [0.2, 0.25) is 0 Å². The first kappa shape index (κ1) is 15.6. The van der Waals surface area contributed by atoms with E-state index < -0.39 is 5.97 Å². The average Bonchev–Trinajstić information content (AvgIpc) is 2.44. The molecule has 1 aromatic rings. The molecule has 0 fully saturated rings. The van der Waals surface area contributed by atoms with Gasteiger partial charge in [-0.05, 0) is 45.0 Å². The lowest BCUT2D eigenvalue weighted by atomic mass is 10.0. The number of carboxylic acid groups (broad SMARTS) is 1. The van der Waals surface area contributed by atoms with Gasteiger partial charge in [-0.3, -0.25) is 4.79 Å². The van der Waals surface area contributed by atoms with E-state index in [1.54, 1.807) is 0 Å². The van der Waals surface area contributed by atoms with E-state index in [4.69, 9.17) is 9.84 Å². The predicted octanol–water partition coefficient (Wildman–Crippen LogP) is 2.22. The Hall–Kier alpha value is -1.75. The SMILES string of the molecule is CC1CNc2cc(CC(C)N(C)CCC(=O)O)ccc2O1. The summed E-state index contributed by atoms with van der Waals surface area (Å²) in [5, 5.41) is 12.1. The van der Waals surface area contributed by atoms with Crippen molar-refractivity contribution in [2.75, 3.05) is 25.5 Å². The van der Waals surface area contributed by atoms with Gasteiger partial charge in [-0.25, -0.2) is 0 Å². The van der Waals surface area contributed by atoms with Crippen LogP contribution in [-0.4, -0.2) is 48.3 Å². The number of rotatable bonds is 6. The summed E-state index contributed by atoms with van der Waals surface area (Å²) in [5.74, 6) is 0.155. The van der Waals surface area contributed by atoms with E-state index in [0.717, 1.165) is 24.4 Å². The molecule has 2 atom stereocenters. The minimum absolute atomic E-state index is 0.179. The molecule has 116 valence electrons. The molecule has 21 heavy (non-hydrogen) atoms. The highest BCUT2D eigenvalue weighted by Crippen LogP contribution is 2.30. The number of fused-ring (bicyclic) bond motifs is 1. The first-order valence-electron chi connectivity index (χ1n) is 7.41. The Morgan fingerprint density at radius 3 is 3.05 bits per heavy atom. The maximum Gasteiger partial charge on any atom is 0.304 e. The van der Waals surface area contributed by atoms with E-state index >= 15 is 0 Å². The van der Waals surface area contributed by atoms with Crippen LogP contribution >= 0.6 is 0 Å². The number of carbonyl (C=O) groups is 1. The molecular weight excluding hydrogens is 268 g/mol. The summed E-state index contributed by atoms with van der Waals surface area (Å²) in [6.07, 6.45) is 1.27. The molecule has 0 spiro atoms. The van der Waals surface area contributed by atoms with Crippen molar-refractivity contribution in [3.63, 3.8) is 0 Å². The quantitative estimate of drug-likeness (QED) is 0.842. The third kappa shape index (κ3) is 4.36. The van der Waals surface area contributed by atoms with Gasteiger partial charge in [0.25, 0.3) is 0 Å². The number of aliphatic carboxylic acids is 1. The van der Waals surface area contributed by atoms with Crippen molar-refractivity contribution in [1.29, 1.82) is 0 Å². The molecule has 0 saturated carbocycles. The van der Waals surface area contributed by atoms with Crippen LogP contribution in [0.3, 0.4) is 0 Å². The fraction of sp³-hybridized carbons (Fsp3) is 0.562. The molecule has 1 aliphatic rings. The number of anilines is 1. The number of nitrogens with one attached hydrogen (secondary N) is 1. The van der Waals surface area contributed by atoms with Crippen LogP contribution in [0.25, 0.3) is 0 Å². The molecule has 1 heterocycles. The molecule has 0 saturated heterocycles. The van der Waals surface area contributed by atoms with Crippen LogP contribution in [0.5, 0.6) is 5.75 Å². The first-order valence-corrected chi connectivity index (χ1v) is 7.41. The number of likely N-dealkylation sites (N-methyl/N-ethyl adjacent to an activating group) is 1. The van der Waals surface area contributed by atoms with Crippen molar-refractivity contribution in [2.24, 2.45) is 0 Å². The molecule has 0 aliphatic carbocycles. The molecule has 2 N–H and O–H groups in total. The zero-order valence-corrected chi connectivity index (χ0v) is 12.9. The maximum atomic E-state index is 10.6. The lowest BCUT2D eigenvalue weighted by molar-refractivity contribution is -0.137. The van der Waals surface area contributed by atoms with Gasteiger partial charge in [0.2, 0.25) is 0 Å². The molecule has 5 heteroatoms. The van der Waals surface area contributed by atoms with Crippen LogP contribution in [-0.2, 0) is 11.2 Å². The van der Waals surface area contributed by atoms with E-state index in [1.807, 2.05) is 20.0 Å². The van der Waals surface area contributed by atoms with E-state index in [2.05, 4.69) is 29.3 Å². The van der Waals surface area contributed by atoms with E-state index in [0.29, 0.717) is 12.6 Å². The number of carboxylic acids is 1. The first-order chi connectivity index (χ1) is 9.95. The minimum atomic E-state index is -0.752. The lowest BCUT2D eigenvalue weighted by Crippen LogP contribution is -2.33. The summed E-state index contributed by atoms with van der Waals surface area (Å²) in [5.41, 5.74) is 2.28. The number of nitrogens with zero attached hydrogens (tertiary/aromatic N) is 1. The average molecular weight is 292 g/mol. The molecule has 1 aliphatic heterocycles. The van der Waals surface area contributed by atoms with Crippen molar-refractivity contribution in [3.05, 3.63) is 23.8 Å². The summed E-state index contributed by atoms with van der Waals surface area (Å²) in [6.45, 7) is 5.56. The van der Waals surface area contributed by atoms with Crippen LogP contribution in [0.4, 0.5) is 5.69 Å².